The third kappa shape index (κ3) is 2.30. The minimum absolute atomic E-state index is 0.476. The van der Waals surface area contributed by atoms with Gasteiger partial charge in [0.25, 0.3) is 0 Å². The average Bonchev–Trinajstić information content (AvgIpc) is 2.77. The number of nitrogens with zero attached hydrogens (tertiary/aromatic N) is 2. The van der Waals surface area contributed by atoms with Crippen molar-refractivity contribution < 1.29 is 4.79 Å². The van der Waals surface area contributed by atoms with Crippen LogP contribution >= 0.6 is 0 Å². The maximum Gasteiger partial charge on any atom is 0.207 e. The van der Waals surface area contributed by atoms with Gasteiger partial charge in [-0.3, -0.25) is 4.79 Å². The molecule has 2 rings (SSSR count). The molecule has 4 heteroatoms. The molecule has 1 unspecified atom stereocenters. The number of fused-ring (bicyclic) bond motifs is 1. The van der Waals surface area contributed by atoms with Crippen LogP contribution in [0.1, 0.15) is 37.4 Å². The molecule has 2 aromatic rings. The topological polar surface area (TPSA) is 46.4 Å². The van der Waals surface area contributed by atoms with Crippen molar-refractivity contribution in [3.63, 3.8) is 0 Å². The predicted molar refractivity (Wildman–Crippen MR) is 66.8 cm³/mol. The van der Waals surface area contributed by atoms with E-state index in [0.29, 0.717) is 18.9 Å². The maximum absolute atomic E-state index is 10.3. The normalized spacial score (nSPS) is 12.6. The summed E-state index contributed by atoms with van der Waals surface area (Å²) < 4.78 is 1.98. The molecule has 0 aliphatic carbocycles. The Kier molecular flexibility index (Phi) is 3.42. The van der Waals surface area contributed by atoms with Gasteiger partial charge in [0.15, 0.2) is 0 Å². The van der Waals surface area contributed by atoms with Crippen LogP contribution in [0.15, 0.2) is 24.7 Å². The van der Waals surface area contributed by atoms with Gasteiger partial charge < -0.3 is 9.72 Å². The Balaban J connectivity index is 2.39. The van der Waals surface area contributed by atoms with Crippen LogP contribution in [-0.2, 0) is 11.3 Å². The number of imidazole rings is 1. The number of hydrogen-bond acceptors (Lipinski definition) is 2. The zero-order valence-electron chi connectivity index (χ0n) is 10.2. The van der Waals surface area contributed by atoms with E-state index in [9.17, 15) is 4.79 Å². The molecule has 0 bridgehead atoms. The summed E-state index contributed by atoms with van der Waals surface area (Å²) in [5.74, 6) is 0.543. The van der Waals surface area contributed by atoms with E-state index in [-0.39, 0.29) is 0 Å². The second-order valence-corrected chi connectivity index (χ2v) is 4.25. The van der Waals surface area contributed by atoms with Gasteiger partial charge in [0.2, 0.25) is 6.41 Å². The van der Waals surface area contributed by atoms with Gasteiger partial charge in [-0.25, -0.2) is 4.98 Å². The van der Waals surface area contributed by atoms with E-state index in [0.717, 1.165) is 17.6 Å². The van der Waals surface area contributed by atoms with Crippen molar-refractivity contribution >= 4 is 11.9 Å². The minimum atomic E-state index is 0.476. The highest BCUT2D eigenvalue weighted by Crippen LogP contribution is 2.21. The van der Waals surface area contributed by atoms with Crippen LogP contribution in [-0.4, -0.2) is 15.8 Å². The first-order chi connectivity index (χ1) is 8.26. The summed E-state index contributed by atoms with van der Waals surface area (Å²) in [7, 11) is 0. The largest absolute Gasteiger partial charge is 0.353 e. The molecule has 0 aromatic carbocycles. The predicted octanol–water partition coefficient (Wildman–Crippen LogP) is 2.09. The van der Waals surface area contributed by atoms with Crippen molar-refractivity contribution in [3.05, 3.63) is 35.9 Å². The first-order valence-electron chi connectivity index (χ1n) is 5.88. The molecule has 0 spiro atoms. The lowest BCUT2D eigenvalue weighted by Crippen LogP contribution is -2.10. The summed E-state index contributed by atoms with van der Waals surface area (Å²) in [5.41, 5.74) is 3.28. The third-order valence-corrected chi connectivity index (χ3v) is 3.18. The lowest BCUT2D eigenvalue weighted by molar-refractivity contribution is -0.109. The smallest absolute Gasteiger partial charge is 0.207 e. The van der Waals surface area contributed by atoms with E-state index in [1.807, 2.05) is 10.6 Å². The zero-order valence-corrected chi connectivity index (χ0v) is 10.2. The molecule has 0 radical (unpaired) electrons. The van der Waals surface area contributed by atoms with Crippen LogP contribution in [0.4, 0.5) is 0 Å². The SMILES string of the molecule is CCC(C)c1ccn2cnc(CNC=O)c2c1. The van der Waals surface area contributed by atoms with Gasteiger partial charge in [0.1, 0.15) is 0 Å². The average molecular weight is 231 g/mol. The monoisotopic (exact) mass is 231 g/mol. The highest BCUT2D eigenvalue weighted by atomic mass is 16.1. The standard InChI is InChI=1S/C13H17N3O/c1-3-10(2)11-4-5-16-8-15-12(7-14-9-17)13(16)6-11/h4-6,8-10H,3,7H2,1-2H3,(H,14,17). The van der Waals surface area contributed by atoms with Gasteiger partial charge in [-0.05, 0) is 30.0 Å². The fraction of sp³-hybridized carbons (Fsp3) is 0.385. The van der Waals surface area contributed by atoms with Crippen LogP contribution in [0, 0.1) is 0 Å². The zero-order chi connectivity index (χ0) is 12.3. The van der Waals surface area contributed by atoms with E-state index in [2.05, 4.69) is 36.3 Å². The van der Waals surface area contributed by atoms with Crippen LogP contribution in [0.2, 0.25) is 0 Å². The van der Waals surface area contributed by atoms with Gasteiger partial charge in [0.05, 0.1) is 24.1 Å². The molecule has 0 aliphatic heterocycles. The lowest BCUT2D eigenvalue weighted by atomic mass is 9.99. The summed E-state index contributed by atoms with van der Waals surface area (Å²) >= 11 is 0. The van der Waals surface area contributed by atoms with E-state index in [1.165, 1.54) is 5.56 Å². The third-order valence-electron chi connectivity index (χ3n) is 3.18. The Morgan fingerprint density at radius 1 is 1.59 bits per heavy atom. The van der Waals surface area contributed by atoms with Crippen molar-refractivity contribution in [1.82, 2.24) is 14.7 Å². The van der Waals surface area contributed by atoms with Gasteiger partial charge in [-0.2, -0.15) is 0 Å². The number of pyridine rings is 1. The molecule has 90 valence electrons. The van der Waals surface area contributed by atoms with Crippen molar-refractivity contribution in [1.29, 1.82) is 0 Å². The van der Waals surface area contributed by atoms with Crippen molar-refractivity contribution in [2.45, 2.75) is 32.7 Å². The van der Waals surface area contributed by atoms with Crippen LogP contribution in [0.3, 0.4) is 0 Å². The van der Waals surface area contributed by atoms with Crippen LogP contribution < -0.4 is 5.32 Å². The number of carbonyl (C=O) groups is 1. The molecule has 0 saturated heterocycles. The summed E-state index contributed by atoms with van der Waals surface area (Å²) in [4.78, 5) is 14.6. The molecule has 0 saturated carbocycles. The first kappa shape index (κ1) is 11.6. The summed E-state index contributed by atoms with van der Waals surface area (Å²) in [6.45, 7) is 4.87. The molecule has 2 aromatic heterocycles. The maximum atomic E-state index is 10.3. The molecule has 0 aliphatic rings. The van der Waals surface area contributed by atoms with Crippen molar-refractivity contribution in [2.24, 2.45) is 0 Å². The highest BCUT2D eigenvalue weighted by Gasteiger charge is 2.07. The number of carbonyl (C=O) groups excluding carboxylic acids is 1. The first-order valence-corrected chi connectivity index (χ1v) is 5.88. The molecule has 1 amide bonds. The second kappa shape index (κ2) is 4.99. The Morgan fingerprint density at radius 2 is 2.41 bits per heavy atom. The van der Waals surface area contributed by atoms with Crippen molar-refractivity contribution in [3.8, 4) is 0 Å². The fourth-order valence-electron chi connectivity index (χ4n) is 1.88. The fourth-order valence-corrected chi connectivity index (χ4v) is 1.88. The second-order valence-electron chi connectivity index (χ2n) is 4.25. The van der Waals surface area contributed by atoms with E-state index in [1.54, 1.807) is 6.33 Å². The van der Waals surface area contributed by atoms with Crippen LogP contribution in [0.25, 0.3) is 5.52 Å². The Labute approximate surface area is 101 Å². The molecule has 17 heavy (non-hydrogen) atoms. The molecular formula is C13H17N3O. The van der Waals surface area contributed by atoms with Gasteiger partial charge in [-0.1, -0.05) is 13.8 Å². The number of aromatic nitrogens is 2. The van der Waals surface area contributed by atoms with Gasteiger partial charge in [-0.15, -0.1) is 0 Å². The Bertz CT molecular complexity index is 518. The number of hydrogen-bond donors (Lipinski definition) is 1. The summed E-state index contributed by atoms with van der Waals surface area (Å²) in [5, 5.41) is 2.65. The van der Waals surface area contributed by atoms with E-state index < -0.39 is 0 Å². The molecule has 1 N–H and O–H groups in total. The molecule has 2 heterocycles. The molecule has 1 atom stereocenters. The van der Waals surface area contributed by atoms with E-state index >= 15 is 0 Å². The highest BCUT2D eigenvalue weighted by molar-refractivity contribution is 5.56. The quantitative estimate of drug-likeness (QED) is 0.801. The number of rotatable bonds is 5. The minimum Gasteiger partial charge on any atom is -0.353 e. The van der Waals surface area contributed by atoms with Gasteiger partial charge in [0, 0.05) is 6.20 Å². The number of nitrogens with one attached hydrogen (secondary N) is 1. The van der Waals surface area contributed by atoms with E-state index in [4.69, 9.17) is 0 Å². The molecule has 0 fully saturated rings. The Hall–Kier alpha value is -1.84. The molecule has 4 nitrogen and oxygen atoms in total. The summed E-state index contributed by atoms with van der Waals surface area (Å²) in [6.07, 6.45) is 5.61. The van der Waals surface area contributed by atoms with Crippen LogP contribution in [0.5, 0.6) is 0 Å². The molecular weight excluding hydrogens is 214 g/mol. The number of amides is 1. The summed E-state index contributed by atoms with van der Waals surface area (Å²) in [6, 6.07) is 4.28. The van der Waals surface area contributed by atoms with Gasteiger partial charge >= 0.3 is 0 Å². The lowest BCUT2D eigenvalue weighted by Gasteiger charge is -2.09. The van der Waals surface area contributed by atoms with Crippen molar-refractivity contribution in [2.75, 3.05) is 0 Å². The Morgan fingerprint density at radius 3 is 3.12 bits per heavy atom.